The number of fused-ring (bicyclic) bond motifs is 1. The molecule has 0 spiro atoms. The first-order chi connectivity index (χ1) is 16.1. The van der Waals surface area contributed by atoms with Crippen LogP contribution in [0.5, 0.6) is 11.5 Å². The van der Waals surface area contributed by atoms with Gasteiger partial charge < -0.3 is 30.0 Å². The quantitative estimate of drug-likeness (QED) is 0.266. The number of hydrogen-bond donors (Lipinski definition) is 4. The van der Waals surface area contributed by atoms with E-state index in [9.17, 15) is 5.11 Å². The molecular weight excluding hydrogens is 440 g/mol. The standard InChI is InChI=1S/C24H21ClN6O2/c1-26-23-21-18(32)11-16(14-6-4-3-5-7-14)22(21)29-24(30-23)28-15-8-9-17(19(10-15)33-2)31-12-20(25)27-13-31/h3-13,26,32H,1-2H3,(H2,28,29,30). The van der Waals surface area contributed by atoms with E-state index in [0.717, 1.165) is 28.2 Å². The highest BCUT2D eigenvalue weighted by molar-refractivity contribution is 6.29. The van der Waals surface area contributed by atoms with Crippen molar-refractivity contribution in [1.82, 2.24) is 19.5 Å². The minimum absolute atomic E-state index is 0.161. The molecule has 4 N–H and O–H groups in total. The molecule has 0 unspecified atom stereocenters. The van der Waals surface area contributed by atoms with Crippen molar-refractivity contribution in [3.63, 3.8) is 0 Å². The molecule has 5 rings (SSSR count). The van der Waals surface area contributed by atoms with Crippen molar-refractivity contribution in [2.75, 3.05) is 24.8 Å². The van der Waals surface area contributed by atoms with Gasteiger partial charge in [-0.05, 0) is 23.8 Å². The summed E-state index contributed by atoms with van der Waals surface area (Å²) in [6.45, 7) is 0. The van der Waals surface area contributed by atoms with E-state index in [2.05, 4.69) is 25.6 Å². The van der Waals surface area contributed by atoms with Gasteiger partial charge >= 0.3 is 0 Å². The van der Waals surface area contributed by atoms with Gasteiger partial charge in [0.2, 0.25) is 5.95 Å². The van der Waals surface area contributed by atoms with Crippen LogP contribution in [0.4, 0.5) is 17.5 Å². The molecule has 8 nitrogen and oxygen atoms in total. The van der Waals surface area contributed by atoms with Crippen LogP contribution in [0.15, 0.2) is 67.1 Å². The van der Waals surface area contributed by atoms with Crippen LogP contribution in [0.3, 0.4) is 0 Å². The van der Waals surface area contributed by atoms with Crippen LogP contribution in [0.25, 0.3) is 28.1 Å². The van der Waals surface area contributed by atoms with E-state index < -0.39 is 0 Å². The number of anilines is 3. The first-order valence-corrected chi connectivity index (χ1v) is 10.6. The van der Waals surface area contributed by atoms with Gasteiger partial charge in [0.05, 0.1) is 24.1 Å². The Balaban J connectivity index is 1.56. The van der Waals surface area contributed by atoms with Crippen LogP contribution in [0.2, 0.25) is 5.15 Å². The average molecular weight is 461 g/mol. The van der Waals surface area contributed by atoms with E-state index in [1.807, 2.05) is 48.5 Å². The van der Waals surface area contributed by atoms with Gasteiger partial charge in [0.25, 0.3) is 0 Å². The van der Waals surface area contributed by atoms with Crippen molar-refractivity contribution in [2.45, 2.75) is 0 Å². The molecule has 9 heteroatoms. The molecule has 2 aliphatic rings. The fraction of sp³-hybridized carbons (Fsp3) is 0.0833. The predicted octanol–water partition coefficient (Wildman–Crippen LogP) is 5.52. The Morgan fingerprint density at radius 3 is 2.64 bits per heavy atom. The number of nitrogens with zero attached hydrogens (tertiary/aromatic N) is 3. The van der Waals surface area contributed by atoms with Gasteiger partial charge in [-0.15, -0.1) is 0 Å². The summed E-state index contributed by atoms with van der Waals surface area (Å²) in [5, 5.41) is 17.4. The Morgan fingerprint density at radius 1 is 1.12 bits per heavy atom. The molecule has 0 bridgehead atoms. The summed E-state index contributed by atoms with van der Waals surface area (Å²) in [6, 6.07) is 17.3. The van der Waals surface area contributed by atoms with Gasteiger partial charge in [-0.25, -0.2) is 4.98 Å². The van der Waals surface area contributed by atoms with Crippen molar-refractivity contribution in [1.29, 1.82) is 0 Å². The van der Waals surface area contributed by atoms with Crippen molar-refractivity contribution < 1.29 is 9.84 Å². The van der Waals surface area contributed by atoms with Gasteiger partial charge in [0, 0.05) is 30.6 Å². The zero-order valence-corrected chi connectivity index (χ0v) is 18.7. The minimum atomic E-state index is 0.161. The monoisotopic (exact) mass is 460 g/mol. The molecule has 33 heavy (non-hydrogen) atoms. The van der Waals surface area contributed by atoms with Gasteiger partial charge in [-0.3, -0.25) is 0 Å². The Kier molecular flexibility index (Phi) is 5.27. The van der Waals surface area contributed by atoms with E-state index in [1.54, 1.807) is 37.3 Å². The normalized spacial score (nSPS) is 11.0. The molecule has 166 valence electrons. The van der Waals surface area contributed by atoms with Gasteiger partial charge in [-0.2, -0.15) is 4.98 Å². The molecule has 0 atom stereocenters. The van der Waals surface area contributed by atoms with E-state index in [1.165, 1.54) is 0 Å². The number of hydrogen-bond acceptors (Lipinski definition) is 6. The highest BCUT2D eigenvalue weighted by Crippen LogP contribution is 2.45. The van der Waals surface area contributed by atoms with Crippen molar-refractivity contribution in [2.24, 2.45) is 0 Å². The SMILES string of the molecule is CNc1nc(Nc2ccc(-n3cnc(Cl)c3)c(OC)c2)[nH]c2c(-c3ccccc3)cc(O)c1-2. The number of halogens is 1. The Hall–Kier alpha value is -4.17. The fourth-order valence-electron chi connectivity index (χ4n) is 3.85. The molecule has 0 amide bonds. The summed E-state index contributed by atoms with van der Waals surface area (Å²) in [7, 11) is 3.38. The number of aromatic amines is 1. The summed E-state index contributed by atoms with van der Waals surface area (Å²) < 4.78 is 7.37. The third-order valence-electron chi connectivity index (χ3n) is 5.35. The number of rotatable bonds is 6. The molecule has 2 aromatic carbocycles. The molecule has 1 aliphatic carbocycles. The van der Waals surface area contributed by atoms with Crippen LogP contribution >= 0.6 is 11.6 Å². The number of benzene rings is 2. The molecule has 3 aromatic rings. The Morgan fingerprint density at radius 2 is 1.94 bits per heavy atom. The lowest BCUT2D eigenvalue weighted by atomic mass is 10.1. The minimum Gasteiger partial charge on any atom is -0.507 e. The lowest BCUT2D eigenvalue weighted by Crippen LogP contribution is -2.05. The first kappa shape index (κ1) is 20.7. The van der Waals surface area contributed by atoms with Crippen LogP contribution in [-0.2, 0) is 0 Å². The fourth-order valence-corrected chi connectivity index (χ4v) is 4.00. The Bertz CT molecular complexity index is 1400. The van der Waals surface area contributed by atoms with Gasteiger partial charge in [0.15, 0.2) is 0 Å². The first-order valence-electron chi connectivity index (χ1n) is 10.2. The number of nitrogens with one attached hydrogen (secondary N) is 3. The topological polar surface area (TPSA) is 100 Å². The highest BCUT2D eigenvalue weighted by Gasteiger charge is 2.23. The summed E-state index contributed by atoms with van der Waals surface area (Å²) >= 11 is 5.96. The molecule has 0 radical (unpaired) electrons. The molecule has 0 saturated carbocycles. The largest absolute Gasteiger partial charge is 0.507 e. The van der Waals surface area contributed by atoms with E-state index in [0.29, 0.717) is 28.2 Å². The van der Waals surface area contributed by atoms with Gasteiger partial charge in [-0.1, -0.05) is 41.9 Å². The number of aromatic hydroxyl groups is 1. The molecule has 0 fully saturated rings. The summed E-state index contributed by atoms with van der Waals surface area (Å²) in [4.78, 5) is 12.0. The molecule has 1 aromatic heterocycles. The van der Waals surface area contributed by atoms with Crippen LogP contribution in [-0.4, -0.2) is 38.8 Å². The summed E-state index contributed by atoms with van der Waals surface area (Å²) in [6.07, 6.45) is 3.34. The van der Waals surface area contributed by atoms with E-state index >= 15 is 0 Å². The number of H-pyrrole nitrogens is 1. The number of aromatic nitrogens is 4. The second kappa shape index (κ2) is 8.40. The number of methoxy groups -OCH3 is 1. The van der Waals surface area contributed by atoms with Crippen LogP contribution < -0.4 is 15.4 Å². The average Bonchev–Trinajstić information content (AvgIpc) is 3.42. The van der Waals surface area contributed by atoms with Crippen molar-refractivity contribution >= 4 is 29.1 Å². The second-order valence-electron chi connectivity index (χ2n) is 7.36. The number of imidazole rings is 1. The maximum atomic E-state index is 10.6. The third kappa shape index (κ3) is 3.81. The Labute approximate surface area is 195 Å². The summed E-state index contributed by atoms with van der Waals surface area (Å²) in [5.74, 6) is 1.87. The van der Waals surface area contributed by atoms with Crippen LogP contribution in [0, 0.1) is 0 Å². The van der Waals surface area contributed by atoms with Crippen molar-refractivity contribution in [3.8, 4) is 39.6 Å². The number of ether oxygens (including phenoxy) is 1. The smallest absolute Gasteiger partial charge is 0.207 e. The lowest BCUT2D eigenvalue weighted by molar-refractivity contribution is 0.413. The maximum absolute atomic E-state index is 10.6. The summed E-state index contributed by atoms with van der Waals surface area (Å²) in [5.41, 5.74) is 4.85. The molecule has 0 saturated heterocycles. The maximum Gasteiger partial charge on any atom is 0.207 e. The van der Waals surface area contributed by atoms with E-state index in [-0.39, 0.29) is 5.75 Å². The molecular formula is C24H21ClN6O2. The predicted molar refractivity (Wildman–Crippen MR) is 130 cm³/mol. The van der Waals surface area contributed by atoms with Gasteiger partial charge in [0.1, 0.15) is 28.8 Å². The lowest BCUT2D eigenvalue weighted by Gasteiger charge is -2.15. The molecule has 1 aliphatic heterocycles. The molecule has 2 heterocycles. The van der Waals surface area contributed by atoms with E-state index in [4.69, 9.17) is 16.3 Å². The highest BCUT2D eigenvalue weighted by atomic mass is 35.5. The zero-order valence-electron chi connectivity index (χ0n) is 17.9. The third-order valence-corrected chi connectivity index (χ3v) is 5.55. The van der Waals surface area contributed by atoms with Crippen molar-refractivity contribution in [3.05, 3.63) is 72.3 Å². The second-order valence-corrected chi connectivity index (χ2v) is 7.75. The zero-order chi connectivity index (χ0) is 22.9. The van der Waals surface area contributed by atoms with Crippen LogP contribution in [0.1, 0.15) is 0 Å².